The summed E-state index contributed by atoms with van der Waals surface area (Å²) in [6.45, 7) is 0.259. The van der Waals surface area contributed by atoms with Gasteiger partial charge in [0.1, 0.15) is 0 Å². The summed E-state index contributed by atoms with van der Waals surface area (Å²) in [5.41, 5.74) is 5.76. The molecule has 1 aromatic carbocycles. The predicted molar refractivity (Wildman–Crippen MR) is 74.0 cm³/mol. The van der Waals surface area contributed by atoms with Crippen LogP contribution in [0.2, 0.25) is 0 Å². The highest BCUT2D eigenvalue weighted by Gasteiger charge is 2.12. The summed E-state index contributed by atoms with van der Waals surface area (Å²) in [6.07, 6.45) is 1.61. The number of rotatable bonds is 8. The molecule has 108 valence electrons. The fourth-order valence-corrected chi connectivity index (χ4v) is 2.67. The van der Waals surface area contributed by atoms with Crippen LogP contribution in [0, 0.1) is 11.3 Å². The molecule has 0 radical (unpaired) electrons. The van der Waals surface area contributed by atoms with Crippen molar-refractivity contribution in [2.45, 2.75) is 30.6 Å². The van der Waals surface area contributed by atoms with Crippen molar-refractivity contribution < 1.29 is 13.2 Å². The fraction of sp³-hybridized carbons (Fsp3) is 0.385. The molecule has 20 heavy (non-hydrogen) atoms. The van der Waals surface area contributed by atoms with Crippen molar-refractivity contribution in [3.05, 3.63) is 29.8 Å². The van der Waals surface area contributed by atoms with Crippen LogP contribution in [0.1, 0.15) is 24.8 Å². The molecule has 0 fully saturated rings. The van der Waals surface area contributed by atoms with E-state index in [9.17, 15) is 13.2 Å². The van der Waals surface area contributed by atoms with E-state index in [0.717, 1.165) is 5.56 Å². The van der Waals surface area contributed by atoms with E-state index in [2.05, 4.69) is 4.72 Å². The molecule has 0 spiro atoms. The number of hydrogen-bond acceptors (Lipinski definition) is 4. The third-order valence-corrected chi connectivity index (χ3v) is 4.14. The molecule has 0 heterocycles. The normalized spacial score (nSPS) is 10.9. The zero-order valence-electron chi connectivity index (χ0n) is 11.0. The molecule has 0 atom stereocenters. The Hall–Kier alpha value is -1.91. The molecule has 0 unspecified atom stereocenters. The van der Waals surface area contributed by atoms with E-state index >= 15 is 0 Å². The van der Waals surface area contributed by atoms with Crippen LogP contribution in [0.5, 0.6) is 0 Å². The second-order valence-corrected chi connectivity index (χ2v) is 6.07. The summed E-state index contributed by atoms with van der Waals surface area (Å²) in [6, 6.07) is 8.17. The lowest BCUT2D eigenvalue weighted by Gasteiger charge is -2.06. The standard InChI is InChI=1S/C13H17N3O3S/c14-9-8-11-4-6-12(7-5-11)20(18,19)16-10-2-1-3-13(15)17/h4-7,16H,1-3,8,10H2,(H2,15,17). The lowest BCUT2D eigenvalue weighted by Crippen LogP contribution is -2.25. The maximum Gasteiger partial charge on any atom is 0.240 e. The third-order valence-electron chi connectivity index (χ3n) is 2.66. The number of nitriles is 1. The second-order valence-electron chi connectivity index (χ2n) is 4.30. The predicted octanol–water partition coefficient (Wildman–Crippen LogP) is 0.687. The molecule has 0 saturated heterocycles. The van der Waals surface area contributed by atoms with Crippen LogP contribution in [-0.2, 0) is 21.2 Å². The van der Waals surface area contributed by atoms with E-state index < -0.39 is 10.0 Å². The molecule has 7 heteroatoms. The number of primary amides is 1. The number of nitrogens with two attached hydrogens (primary N) is 1. The lowest BCUT2D eigenvalue weighted by molar-refractivity contribution is -0.118. The fourth-order valence-electron chi connectivity index (χ4n) is 1.59. The van der Waals surface area contributed by atoms with E-state index in [0.29, 0.717) is 12.8 Å². The Morgan fingerprint density at radius 1 is 1.25 bits per heavy atom. The largest absolute Gasteiger partial charge is 0.370 e. The molecule has 1 amide bonds. The number of sulfonamides is 1. The topological polar surface area (TPSA) is 113 Å². The van der Waals surface area contributed by atoms with Gasteiger partial charge in [-0.05, 0) is 30.5 Å². The quantitative estimate of drug-likeness (QED) is 0.687. The van der Waals surface area contributed by atoms with Gasteiger partial charge in [0.15, 0.2) is 0 Å². The van der Waals surface area contributed by atoms with Gasteiger partial charge in [-0.2, -0.15) is 5.26 Å². The van der Waals surface area contributed by atoms with E-state index in [-0.39, 0.29) is 30.2 Å². The van der Waals surface area contributed by atoms with Crippen LogP contribution in [0.4, 0.5) is 0 Å². The molecule has 1 rings (SSSR count). The van der Waals surface area contributed by atoms with Crippen LogP contribution in [-0.4, -0.2) is 20.9 Å². The van der Waals surface area contributed by atoms with Gasteiger partial charge in [-0.3, -0.25) is 4.79 Å². The first-order chi connectivity index (χ1) is 9.45. The van der Waals surface area contributed by atoms with Crippen LogP contribution < -0.4 is 10.5 Å². The van der Waals surface area contributed by atoms with Crippen molar-refractivity contribution >= 4 is 15.9 Å². The van der Waals surface area contributed by atoms with Gasteiger partial charge in [-0.15, -0.1) is 0 Å². The molecule has 0 aliphatic carbocycles. The van der Waals surface area contributed by atoms with Crippen LogP contribution in [0.3, 0.4) is 0 Å². The summed E-state index contributed by atoms with van der Waals surface area (Å²) in [4.78, 5) is 10.7. The highest BCUT2D eigenvalue weighted by molar-refractivity contribution is 7.89. The highest BCUT2D eigenvalue weighted by atomic mass is 32.2. The van der Waals surface area contributed by atoms with Gasteiger partial charge in [0, 0.05) is 13.0 Å². The Morgan fingerprint density at radius 2 is 1.90 bits per heavy atom. The van der Waals surface area contributed by atoms with E-state index in [4.69, 9.17) is 11.0 Å². The minimum atomic E-state index is -3.54. The van der Waals surface area contributed by atoms with Gasteiger partial charge in [-0.25, -0.2) is 13.1 Å². The van der Waals surface area contributed by atoms with E-state index in [1.165, 1.54) is 12.1 Å². The third kappa shape index (κ3) is 5.38. The van der Waals surface area contributed by atoms with Crippen LogP contribution >= 0.6 is 0 Å². The summed E-state index contributed by atoms with van der Waals surface area (Å²) < 4.78 is 26.3. The Balaban J connectivity index is 2.52. The maximum absolute atomic E-state index is 11.9. The maximum atomic E-state index is 11.9. The second kappa shape index (κ2) is 7.62. The van der Waals surface area contributed by atoms with E-state index in [1.807, 2.05) is 6.07 Å². The van der Waals surface area contributed by atoms with Crippen LogP contribution in [0.15, 0.2) is 29.2 Å². The first-order valence-electron chi connectivity index (χ1n) is 6.19. The molecular formula is C13H17N3O3S. The van der Waals surface area contributed by atoms with Gasteiger partial charge in [0.25, 0.3) is 0 Å². The number of carbonyl (C=O) groups is 1. The molecule has 6 nitrogen and oxygen atoms in total. The summed E-state index contributed by atoms with van der Waals surface area (Å²) in [7, 11) is -3.54. The Kier molecular flexibility index (Phi) is 6.15. The van der Waals surface area contributed by atoms with Crippen molar-refractivity contribution in [1.82, 2.24) is 4.72 Å². The molecule has 3 N–H and O–H groups in total. The first kappa shape index (κ1) is 16.1. The Bertz CT molecular complexity index is 588. The minimum absolute atomic E-state index is 0.161. The number of nitrogens with zero attached hydrogens (tertiary/aromatic N) is 1. The van der Waals surface area contributed by atoms with Crippen molar-refractivity contribution in [1.29, 1.82) is 5.26 Å². The van der Waals surface area contributed by atoms with Crippen molar-refractivity contribution in [3.63, 3.8) is 0 Å². The summed E-state index contributed by atoms with van der Waals surface area (Å²) >= 11 is 0. The summed E-state index contributed by atoms with van der Waals surface area (Å²) in [5.74, 6) is -0.388. The molecule has 0 aliphatic rings. The van der Waals surface area contributed by atoms with E-state index in [1.54, 1.807) is 12.1 Å². The average molecular weight is 295 g/mol. The molecular weight excluding hydrogens is 278 g/mol. The Labute approximate surface area is 118 Å². The van der Waals surface area contributed by atoms with Gasteiger partial charge >= 0.3 is 0 Å². The number of amides is 1. The number of hydrogen-bond donors (Lipinski definition) is 2. The minimum Gasteiger partial charge on any atom is -0.370 e. The smallest absolute Gasteiger partial charge is 0.240 e. The van der Waals surface area contributed by atoms with Crippen molar-refractivity contribution in [2.24, 2.45) is 5.73 Å². The van der Waals surface area contributed by atoms with Crippen LogP contribution in [0.25, 0.3) is 0 Å². The van der Waals surface area contributed by atoms with Crippen molar-refractivity contribution in [3.8, 4) is 6.07 Å². The molecule has 0 saturated carbocycles. The van der Waals surface area contributed by atoms with Crippen molar-refractivity contribution in [2.75, 3.05) is 6.54 Å². The van der Waals surface area contributed by atoms with Gasteiger partial charge in [0.05, 0.1) is 17.4 Å². The Morgan fingerprint density at radius 3 is 2.45 bits per heavy atom. The molecule has 0 aromatic heterocycles. The van der Waals surface area contributed by atoms with Gasteiger partial charge in [-0.1, -0.05) is 12.1 Å². The SMILES string of the molecule is N#CCc1ccc(S(=O)(=O)NCCCCC(N)=O)cc1. The molecule has 0 bridgehead atoms. The lowest BCUT2D eigenvalue weighted by atomic mass is 10.2. The number of unbranched alkanes of at least 4 members (excludes halogenated alkanes) is 1. The monoisotopic (exact) mass is 295 g/mol. The summed E-state index contributed by atoms with van der Waals surface area (Å²) in [5, 5.41) is 8.54. The highest BCUT2D eigenvalue weighted by Crippen LogP contribution is 2.11. The number of nitrogens with one attached hydrogen (secondary N) is 1. The zero-order valence-corrected chi connectivity index (χ0v) is 11.8. The number of benzene rings is 1. The molecule has 0 aliphatic heterocycles. The zero-order chi connectivity index (χ0) is 15.0. The number of carbonyl (C=O) groups excluding carboxylic acids is 1. The molecule has 1 aromatic rings. The average Bonchev–Trinajstić information content (AvgIpc) is 2.39. The first-order valence-corrected chi connectivity index (χ1v) is 7.68. The van der Waals surface area contributed by atoms with Gasteiger partial charge in [0.2, 0.25) is 15.9 Å². The van der Waals surface area contributed by atoms with Gasteiger partial charge < -0.3 is 5.73 Å².